The third-order valence-corrected chi connectivity index (χ3v) is 8.35. The Labute approximate surface area is 209 Å². The Kier molecular flexibility index (Phi) is 3.36. The molecule has 7 aromatic carbocycles. The Bertz CT molecular complexity index is 2060. The molecule has 0 saturated heterocycles. The van der Waals surface area contributed by atoms with E-state index >= 15 is 0 Å². The lowest BCUT2D eigenvalue weighted by molar-refractivity contribution is 1.69. The summed E-state index contributed by atoms with van der Waals surface area (Å²) in [5, 5.41) is 8.11. The fraction of sp³-hybridized carbons (Fsp3) is 0. The molecule has 0 N–H and O–H groups in total. The summed E-state index contributed by atoms with van der Waals surface area (Å²) in [5.74, 6) is 0. The first-order valence-electron chi connectivity index (χ1n) is 12.6. The summed E-state index contributed by atoms with van der Waals surface area (Å²) in [6, 6.07) is 45.1. The van der Waals surface area contributed by atoms with E-state index < -0.39 is 0 Å². The van der Waals surface area contributed by atoms with Crippen molar-refractivity contribution in [2.24, 2.45) is 0 Å². The van der Waals surface area contributed by atoms with Crippen LogP contribution >= 0.6 is 0 Å². The maximum Gasteiger partial charge on any atom is -0.00137 e. The van der Waals surface area contributed by atoms with Crippen LogP contribution in [0.15, 0.2) is 121 Å². The Morgan fingerprint density at radius 2 is 0.667 bits per heavy atom. The van der Waals surface area contributed by atoms with Crippen LogP contribution in [0.1, 0.15) is 0 Å². The third-order valence-electron chi connectivity index (χ3n) is 8.35. The molecule has 0 heteroatoms. The van der Waals surface area contributed by atoms with E-state index in [4.69, 9.17) is 0 Å². The fourth-order valence-electron chi connectivity index (χ4n) is 6.99. The van der Waals surface area contributed by atoms with Gasteiger partial charge >= 0.3 is 0 Å². The topological polar surface area (TPSA) is 0 Å². The number of hydrogen-bond acceptors (Lipinski definition) is 0. The Hall–Kier alpha value is -4.68. The van der Waals surface area contributed by atoms with Crippen LogP contribution in [0.2, 0.25) is 0 Å². The van der Waals surface area contributed by atoms with Gasteiger partial charge in [0.1, 0.15) is 0 Å². The maximum atomic E-state index is 2.36. The van der Waals surface area contributed by atoms with E-state index in [1.165, 1.54) is 88.0 Å². The summed E-state index contributed by atoms with van der Waals surface area (Å²) < 4.78 is 0. The van der Waals surface area contributed by atoms with E-state index in [9.17, 15) is 0 Å². The van der Waals surface area contributed by atoms with Crippen molar-refractivity contribution in [2.75, 3.05) is 0 Å². The van der Waals surface area contributed by atoms with Crippen molar-refractivity contribution in [3.8, 4) is 55.6 Å². The average molecular weight is 453 g/mol. The van der Waals surface area contributed by atoms with Crippen molar-refractivity contribution in [1.82, 2.24) is 0 Å². The molecular formula is C36H20. The minimum Gasteiger partial charge on any atom is -0.0616 e. The first-order valence-corrected chi connectivity index (χ1v) is 12.6. The molecule has 0 aromatic heterocycles. The Morgan fingerprint density at radius 3 is 1.39 bits per heavy atom. The molecule has 9 rings (SSSR count). The summed E-state index contributed by atoms with van der Waals surface area (Å²) in [7, 11) is 0. The molecule has 36 heavy (non-hydrogen) atoms. The highest BCUT2D eigenvalue weighted by Gasteiger charge is 2.28. The van der Waals surface area contributed by atoms with Crippen molar-refractivity contribution >= 4 is 32.3 Å². The number of rotatable bonds is 1. The lowest BCUT2D eigenvalue weighted by Gasteiger charge is -2.17. The van der Waals surface area contributed by atoms with Crippen LogP contribution in [-0.2, 0) is 0 Å². The van der Waals surface area contributed by atoms with Crippen molar-refractivity contribution in [1.29, 1.82) is 0 Å². The van der Waals surface area contributed by atoms with Crippen molar-refractivity contribution in [3.63, 3.8) is 0 Å². The van der Waals surface area contributed by atoms with Gasteiger partial charge in [-0.15, -0.1) is 0 Å². The summed E-state index contributed by atoms with van der Waals surface area (Å²) >= 11 is 0. The highest BCUT2D eigenvalue weighted by molar-refractivity contribution is 6.31. The molecule has 0 aliphatic heterocycles. The number of hydrogen-bond donors (Lipinski definition) is 0. The molecule has 0 saturated carbocycles. The highest BCUT2D eigenvalue weighted by atomic mass is 14.3. The normalized spacial score (nSPS) is 12.4. The van der Waals surface area contributed by atoms with Gasteiger partial charge in [0.2, 0.25) is 0 Å². The number of fused-ring (bicyclic) bond motifs is 8. The molecule has 0 unspecified atom stereocenters. The summed E-state index contributed by atoms with van der Waals surface area (Å²) in [5.41, 5.74) is 13.5. The van der Waals surface area contributed by atoms with Crippen LogP contribution in [-0.4, -0.2) is 0 Å². The van der Waals surface area contributed by atoms with Gasteiger partial charge in [0.15, 0.2) is 0 Å². The maximum absolute atomic E-state index is 2.36. The lowest BCUT2D eigenvalue weighted by atomic mass is 9.85. The average Bonchev–Trinajstić information content (AvgIpc) is 3.46. The lowest BCUT2D eigenvalue weighted by Crippen LogP contribution is -1.90. The zero-order valence-electron chi connectivity index (χ0n) is 19.5. The Balaban J connectivity index is 1.49. The first-order chi connectivity index (χ1) is 17.9. The first kappa shape index (κ1) is 18.6. The minimum absolute atomic E-state index is 1.32. The quantitative estimate of drug-likeness (QED) is 0.217. The van der Waals surface area contributed by atoms with Gasteiger partial charge in [0.25, 0.3) is 0 Å². The molecule has 2 aliphatic rings. The van der Waals surface area contributed by atoms with Crippen LogP contribution in [0, 0.1) is 0 Å². The smallest absolute Gasteiger partial charge is 0.00137 e. The van der Waals surface area contributed by atoms with Crippen LogP contribution in [0.3, 0.4) is 0 Å². The second-order valence-corrected chi connectivity index (χ2v) is 10.0. The van der Waals surface area contributed by atoms with Gasteiger partial charge in [-0.2, -0.15) is 0 Å². The predicted octanol–water partition coefficient (Wildman–Crippen LogP) is 10.1. The Morgan fingerprint density at radius 1 is 0.222 bits per heavy atom. The molecule has 0 spiro atoms. The highest BCUT2D eigenvalue weighted by Crippen LogP contribution is 2.55. The van der Waals surface area contributed by atoms with Crippen molar-refractivity contribution in [3.05, 3.63) is 121 Å². The van der Waals surface area contributed by atoms with Gasteiger partial charge in [0.05, 0.1) is 0 Å². The monoisotopic (exact) mass is 452 g/mol. The van der Waals surface area contributed by atoms with E-state index in [1.54, 1.807) is 0 Å². The molecule has 0 bridgehead atoms. The molecule has 2 aliphatic carbocycles. The van der Waals surface area contributed by atoms with E-state index in [0.29, 0.717) is 0 Å². The summed E-state index contributed by atoms with van der Waals surface area (Å²) in [6.07, 6.45) is 0. The van der Waals surface area contributed by atoms with Crippen molar-refractivity contribution < 1.29 is 0 Å². The van der Waals surface area contributed by atoms with Gasteiger partial charge in [-0.05, 0) is 88.0 Å². The molecule has 0 radical (unpaired) electrons. The molecule has 164 valence electrons. The van der Waals surface area contributed by atoms with Gasteiger partial charge in [-0.3, -0.25) is 0 Å². The molecule has 0 atom stereocenters. The molecular weight excluding hydrogens is 432 g/mol. The van der Waals surface area contributed by atoms with Gasteiger partial charge in [-0.1, -0.05) is 121 Å². The van der Waals surface area contributed by atoms with Gasteiger partial charge < -0.3 is 0 Å². The van der Waals surface area contributed by atoms with Gasteiger partial charge in [-0.25, -0.2) is 0 Å². The molecule has 0 heterocycles. The SMILES string of the molecule is c1ccc2c(c1)-c1cccc3c(-c4c5ccccc5c5c6c(cccc46)-c4ccccc4-5)ccc-2c13. The van der Waals surface area contributed by atoms with Crippen LogP contribution in [0.5, 0.6) is 0 Å². The zero-order valence-corrected chi connectivity index (χ0v) is 19.5. The third kappa shape index (κ3) is 2.12. The van der Waals surface area contributed by atoms with E-state index in [0.717, 1.165) is 0 Å². The predicted molar refractivity (Wildman–Crippen MR) is 153 cm³/mol. The van der Waals surface area contributed by atoms with Crippen LogP contribution in [0.4, 0.5) is 0 Å². The van der Waals surface area contributed by atoms with Gasteiger partial charge in [0, 0.05) is 0 Å². The largest absolute Gasteiger partial charge is 0.0616 e. The summed E-state index contributed by atoms with van der Waals surface area (Å²) in [6.45, 7) is 0. The standard InChI is InChI=1S/C36H20/c1-2-10-22-21(9-1)24-15-7-17-28-31(20-19-30(22)33(24)28)34-27-13-5-6-14-29(27)35-25-12-4-3-11-23(25)26-16-8-18-32(34)36(26)35/h1-20H. The zero-order chi connectivity index (χ0) is 23.4. The molecule has 0 nitrogen and oxygen atoms in total. The molecule has 0 amide bonds. The van der Waals surface area contributed by atoms with E-state index in [2.05, 4.69) is 121 Å². The van der Waals surface area contributed by atoms with Crippen LogP contribution < -0.4 is 0 Å². The summed E-state index contributed by atoms with van der Waals surface area (Å²) in [4.78, 5) is 0. The molecule has 0 fully saturated rings. The number of benzene rings is 7. The second kappa shape index (κ2) is 6.50. The second-order valence-electron chi connectivity index (χ2n) is 10.0. The van der Waals surface area contributed by atoms with E-state index in [-0.39, 0.29) is 0 Å². The minimum atomic E-state index is 1.32. The molecule has 7 aromatic rings. The van der Waals surface area contributed by atoms with E-state index in [1.807, 2.05) is 0 Å². The van der Waals surface area contributed by atoms with Crippen LogP contribution in [0.25, 0.3) is 88.0 Å². The fourth-order valence-corrected chi connectivity index (χ4v) is 6.99. The van der Waals surface area contributed by atoms with Crippen molar-refractivity contribution in [2.45, 2.75) is 0 Å².